The third kappa shape index (κ3) is 5.48. The molecular formula is C20H21Cl2NO3. The van der Waals surface area contributed by atoms with Crippen LogP contribution in [-0.2, 0) is 20.7 Å². The van der Waals surface area contributed by atoms with Crippen molar-refractivity contribution in [3.05, 3.63) is 63.1 Å². The minimum atomic E-state index is -0.529. The lowest BCUT2D eigenvalue weighted by Crippen LogP contribution is -2.23. The molecule has 0 fully saturated rings. The molecule has 0 aliphatic carbocycles. The molecule has 1 amide bonds. The Morgan fingerprint density at radius 2 is 1.88 bits per heavy atom. The van der Waals surface area contributed by atoms with Crippen LogP contribution in [-0.4, -0.2) is 18.5 Å². The molecular weight excluding hydrogens is 373 g/mol. The summed E-state index contributed by atoms with van der Waals surface area (Å²) in [4.78, 5) is 24.1. The average Bonchev–Trinajstić information content (AvgIpc) is 2.57. The fourth-order valence-corrected chi connectivity index (χ4v) is 3.01. The fraction of sp³-hybridized carbons (Fsp3) is 0.300. The largest absolute Gasteiger partial charge is 0.455 e. The van der Waals surface area contributed by atoms with E-state index in [1.54, 1.807) is 18.2 Å². The number of benzene rings is 2. The highest BCUT2D eigenvalue weighted by Crippen LogP contribution is 2.27. The standard InChI is InChI=1S/C20H21Cl2NO3/c1-12(2)16-6-4-5-13(3)20(16)23-18(24)11-26-19(25)9-14-7-8-15(21)10-17(14)22/h4-8,10,12H,9,11H2,1-3H3,(H,23,24). The molecule has 0 saturated heterocycles. The maximum atomic E-state index is 12.2. The summed E-state index contributed by atoms with van der Waals surface area (Å²) in [6, 6.07) is 10.7. The van der Waals surface area contributed by atoms with Gasteiger partial charge in [-0.3, -0.25) is 9.59 Å². The van der Waals surface area contributed by atoms with Gasteiger partial charge in [-0.2, -0.15) is 0 Å². The lowest BCUT2D eigenvalue weighted by molar-refractivity contribution is -0.146. The fourth-order valence-electron chi connectivity index (χ4n) is 2.54. The smallest absolute Gasteiger partial charge is 0.310 e. The number of anilines is 1. The van der Waals surface area contributed by atoms with E-state index in [1.165, 1.54) is 0 Å². The predicted octanol–water partition coefficient (Wildman–Crippen LogP) is 5.15. The zero-order chi connectivity index (χ0) is 19.3. The number of nitrogens with one attached hydrogen (secondary N) is 1. The Labute approximate surface area is 163 Å². The lowest BCUT2D eigenvalue weighted by Gasteiger charge is -2.16. The van der Waals surface area contributed by atoms with Crippen LogP contribution in [0.25, 0.3) is 0 Å². The Hall–Kier alpha value is -2.04. The summed E-state index contributed by atoms with van der Waals surface area (Å²) in [6.07, 6.45) is -0.0229. The van der Waals surface area contributed by atoms with Crippen LogP contribution < -0.4 is 5.32 Å². The molecule has 0 atom stereocenters. The number of ether oxygens (including phenoxy) is 1. The first-order chi connectivity index (χ1) is 12.3. The van der Waals surface area contributed by atoms with E-state index in [0.29, 0.717) is 15.6 Å². The maximum absolute atomic E-state index is 12.2. The number of hydrogen-bond acceptors (Lipinski definition) is 3. The first kappa shape index (κ1) is 20.3. The van der Waals surface area contributed by atoms with E-state index in [0.717, 1.165) is 16.8 Å². The summed E-state index contributed by atoms with van der Waals surface area (Å²) in [7, 11) is 0. The molecule has 0 unspecified atom stereocenters. The second kappa shape index (κ2) is 9.06. The van der Waals surface area contributed by atoms with Gasteiger partial charge in [-0.05, 0) is 41.7 Å². The Bertz CT molecular complexity index is 819. The number of halogens is 2. The van der Waals surface area contributed by atoms with E-state index in [1.807, 2.05) is 25.1 Å². The van der Waals surface area contributed by atoms with Gasteiger partial charge in [0.15, 0.2) is 6.61 Å². The maximum Gasteiger partial charge on any atom is 0.310 e. The summed E-state index contributed by atoms with van der Waals surface area (Å²) in [5.74, 6) is -0.644. The highest BCUT2D eigenvalue weighted by Gasteiger charge is 2.14. The molecule has 0 aliphatic rings. The third-order valence-electron chi connectivity index (χ3n) is 3.91. The first-order valence-electron chi connectivity index (χ1n) is 8.27. The Balaban J connectivity index is 1.94. The number of amides is 1. The molecule has 2 aromatic rings. The van der Waals surface area contributed by atoms with Gasteiger partial charge in [0.25, 0.3) is 5.91 Å². The second-order valence-electron chi connectivity index (χ2n) is 6.32. The van der Waals surface area contributed by atoms with Gasteiger partial charge < -0.3 is 10.1 Å². The molecule has 0 aromatic heterocycles. The first-order valence-corrected chi connectivity index (χ1v) is 9.02. The van der Waals surface area contributed by atoms with Gasteiger partial charge in [-0.1, -0.05) is 61.3 Å². The predicted molar refractivity (Wildman–Crippen MR) is 105 cm³/mol. The van der Waals surface area contributed by atoms with Gasteiger partial charge >= 0.3 is 5.97 Å². The summed E-state index contributed by atoms with van der Waals surface area (Å²) in [6.45, 7) is 5.69. The second-order valence-corrected chi connectivity index (χ2v) is 7.16. The van der Waals surface area contributed by atoms with E-state index >= 15 is 0 Å². The molecule has 2 rings (SSSR count). The third-order valence-corrected chi connectivity index (χ3v) is 4.49. The average molecular weight is 394 g/mol. The van der Waals surface area contributed by atoms with Gasteiger partial charge in [0.1, 0.15) is 0 Å². The van der Waals surface area contributed by atoms with E-state index < -0.39 is 5.97 Å². The summed E-state index contributed by atoms with van der Waals surface area (Å²) >= 11 is 11.9. The van der Waals surface area contributed by atoms with Gasteiger partial charge in [0.05, 0.1) is 6.42 Å². The summed E-state index contributed by atoms with van der Waals surface area (Å²) < 4.78 is 5.06. The quantitative estimate of drug-likeness (QED) is 0.690. The van der Waals surface area contributed by atoms with Crippen molar-refractivity contribution in [3.8, 4) is 0 Å². The number of rotatable bonds is 6. The van der Waals surface area contributed by atoms with E-state index in [2.05, 4.69) is 19.2 Å². The number of carbonyl (C=O) groups excluding carboxylic acids is 2. The van der Waals surface area contributed by atoms with Crippen LogP contribution in [0.15, 0.2) is 36.4 Å². The van der Waals surface area contributed by atoms with Crippen molar-refractivity contribution < 1.29 is 14.3 Å². The summed E-state index contributed by atoms with van der Waals surface area (Å²) in [5, 5.41) is 3.72. The van der Waals surface area contributed by atoms with Crippen molar-refractivity contribution in [3.63, 3.8) is 0 Å². The SMILES string of the molecule is Cc1cccc(C(C)C)c1NC(=O)COC(=O)Cc1ccc(Cl)cc1Cl. The minimum Gasteiger partial charge on any atom is -0.455 e. The van der Waals surface area contributed by atoms with Crippen molar-refractivity contribution in [2.24, 2.45) is 0 Å². The molecule has 0 bridgehead atoms. The molecule has 0 saturated carbocycles. The Morgan fingerprint density at radius 1 is 1.15 bits per heavy atom. The van der Waals surface area contributed by atoms with Crippen LogP contribution in [0.1, 0.15) is 36.5 Å². The zero-order valence-electron chi connectivity index (χ0n) is 14.9. The van der Waals surface area contributed by atoms with Gasteiger partial charge in [0, 0.05) is 15.7 Å². The Morgan fingerprint density at radius 3 is 2.54 bits per heavy atom. The van der Waals surface area contributed by atoms with E-state index in [4.69, 9.17) is 27.9 Å². The molecule has 26 heavy (non-hydrogen) atoms. The molecule has 2 aromatic carbocycles. The van der Waals surface area contributed by atoms with Crippen molar-refractivity contribution in [1.82, 2.24) is 0 Å². The molecule has 0 heterocycles. The molecule has 0 aliphatic heterocycles. The number of aryl methyl sites for hydroxylation is 1. The summed E-state index contributed by atoms with van der Waals surface area (Å²) in [5.41, 5.74) is 3.37. The van der Waals surface area contributed by atoms with Gasteiger partial charge in [-0.25, -0.2) is 0 Å². The van der Waals surface area contributed by atoms with E-state index in [9.17, 15) is 9.59 Å². The highest BCUT2D eigenvalue weighted by molar-refractivity contribution is 6.35. The van der Waals surface area contributed by atoms with Crippen molar-refractivity contribution in [1.29, 1.82) is 0 Å². The normalized spacial score (nSPS) is 10.7. The number of hydrogen-bond donors (Lipinski definition) is 1. The van der Waals surface area contributed by atoms with Crippen molar-refractivity contribution >= 4 is 40.8 Å². The van der Waals surface area contributed by atoms with E-state index in [-0.39, 0.29) is 24.9 Å². The molecule has 0 spiro atoms. The minimum absolute atomic E-state index is 0.0229. The number of esters is 1. The zero-order valence-corrected chi connectivity index (χ0v) is 16.4. The molecule has 6 heteroatoms. The van der Waals surface area contributed by atoms with Crippen LogP contribution in [0.4, 0.5) is 5.69 Å². The number of carbonyl (C=O) groups is 2. The topological polar surface area (TPSA) is 55.4 Å². The van der Waals surface area contributed by atoms with Gasteiger partial charge in [0.2, 0.25) is 0 Å². The molecule has 4 nitrogen and oxygen atoms in total. The van der Waals surface area contributed by atoms with Crippen LogP contribution in [0.5, 0.6) is 0 Å². The Kier molecular flexibility index (Phi) is 7.06. The van der Waals surface area contributed by atoms with Crippen molar-refractivity contribution in [2.75, 3.05) is 11.9 Å². The van der Waals surface area contributed by atoms with Crippen LogP contribution in [0.2, 0.25) is 10.0 Å². The highest BCUT2D eigenvalue weighted by atomic mass is 35.5. The van der Waals surface area contributed by atoms with Crippen molar-refractivity contribution in [2.45, 2.75) is 33.1 Å². The van der Waals surface area contributed by atoms with Gasteiger partial charge in [-0.15, -0.1) is 0 Å². The molecule has 1 N–H and O–H groups in total. The van der Waals surface area contributed by atoms with Crippen LogP contribution in [0.3, 0.4) is 0 Å². The van der Waals surface area contributed by atoms with Crippen LogP contribution in [0, 0.1) is 6.92 Å². The monoisotopic (exact) mass is 393 g/mol. The van der Waals surface area contributed by atoms with Crippen LogP contribution >= 0.6 is 23.2 Å². The number of para-hydroxylation sites is 1. The molecule has 138 valence electrons. The lowest BCUT2D eigenvalue weighted by atomic mass is 9.98. The molecule has 0 radical (unpaired) electrons.